The Balaban J connectivity index is 2.15. The van der Waals surface area contributed by atoms with Gasteiger partial charge in [0, 0.05) is 23.1 Å². The number of rotatable bonds is 4. The molecule has 0 saturated heterocycles. The Morgan fingerprint density at radius 1 is 1.50 bits per heavy atom. The number of nitrogens with zero attached hydrogens (tertiary/aromatic N) is 1. The average Bonchev–Trinajstić information content (AvgIpc) is 2.72. The van der Waals surface area contributed by atoms with Gasteiger partial charge in [-0.3, -0.25) is 0 Å². The zero-order chi connectivity index (χ0) is 13.1. The van der Waals surface area contributed by atoms with Crippen molar-refractivity contribution in [2.45, 2.75) is 26.5 Å². The molecule has 1 unspecified atom stereocenters. The molecule has 96 valence electrons. The lowest BCUT2D eigenvalue weighted by molar-refractivity contribution is 0.295. The van der Waals surface area contributed by atoms with E-state index in [0.717, 1.165) is 16.3 Å². The molecule has 0 saturated carbocycles. The van der Waals surface area contributed by atoms with Crippen molar-refractivity contribution < 1.29 is 9.13 Å². The van der Waals surface area contributed by atoms with Gasteiger partial charge < -0.3 is 10.5 Å². The Bertz CT molecular complexity index is 540. The van der Waals surface area contributed by atoms with Crippen molar-refractivity contribution in [1.29, 1.82) is 0 Å². The highest BCUT2D eigenvalue weighted by Gasteiger charge is 2.10. The standard InChI is InChI=1S/C13H15FN2OS/c1-8(15)12-4-3-10(14)5-13(12)17-6-11-7-18-9(2)16-11/h3-5,7-8H,6,15H2,1-2H3. The third kappa shape index (κ3) is 3.05. The molecule has 0 radical (unpaired) electrons. The molecule has 0 amide bonds. The summed E-state index contributed by atoms with van der Waals surface area (Å²) < 4.78 is 18.8. The second-order valence-corrected chi connectivity index (χ2v) is 5.18. The van der Waals surface area contributed by atoms with E-state index in [4.69, 9.17) is 10.5 Å². The Morgan fingerprint density at radius 2 is 2.28 bits per heavy atom. The molecule has 0 aliphatic heterocycles. The molecule has 0 fully saturated rings. The molecule has 18 heavy (non-hydrogen) atoms. The summed E-state index contributed by atoms with van der Waals surface area (Å²) in [6, 6.07) is 4.20. The van der Waals surface area contributed by atoms with Crippen LogP contribution in [0.2, 0.25) is 0 Å². The summed E-state index contributed by atoms with van der Waals surface area (Å²) in [5, 5.41) is 2.92. The molecular weight excluding hydrogens is 251 g/mol. The summed E-state index contributed by atoms with van der Waals surface area (Å²) in [4.78, 5) is 4.29. The number of hydrogen-bond acceptors (Lipinski definition) is 4. The Morgan fingerprint density at radius 3 is 2.89 bits per heavy atom. The molecule has 1 heterocycles. The minimum absolute atomic E-state index is 0.197. The van der Waals surface area contributed by atoms with Crippen LogP contribution < -0.4 is 10.5 Å². The lowest BCUT2D eigenvalue weighted by Gasteiger charge is -2.13. The van der Waals surface area contributed by atoms with E-state index in [9.17, 15) is 4.39 Å². The lowest BCUT2D eigenvalue weighted by Crippen LogP contribution is -2.08. The van der Waals surface area contributed by atoms with Gasteiger partial charge in [-0.2, -0.15) is 0 Å². The van der Waals surface area contributed by atoms with Gasteiger partial charge in [0.25, 0.3) is 0 Å². The van der Waals surface area contributed by atoms with E-state index in [1.54, 1.807) is 17.4 Å². The van der Waals surface area contributed by atoms with E-state index in [1.807, 2.05) is 19.2 Å². The smallest absolute Gasteiger partial charge is 0.131 e. The fourth-order valence-corrected chi connectivity index (χ4v) is 2.23. The molecule has 1 aromatic heterocycles. The largest absolute Gasteiger partial charge is 0.487 e. The highest BCUT2D eigenvalue weighted by molar-refractivity contribution is 7.09. The van der Waals surface area contributed by atoms with Crippen LogP contribution in [0, 0.1) is 12.7 Å². The Hall–Kier alpha value is -1.46. The Labute approximate surface area is 109 Å². The monoisotopic (exact) mass is 266 g/mol. The third-order valence-electron chi connectivity index (χ3n) is 2.51. The third-order valence-corrected chi connectivity index (χ3v) is 3.33. The number of benzene rings is 1. The fraction of sp³-hybridized carbons (Fsp3) is 0.308. The molecule has 1 atom stereocenters. The van der Waals surface area contributed by atoms with Crippen molar-refractivity contribution in [3.63, 3.8) is 0 Å². The van der Waals surface area contributed by atoms with Crippen LogP contribution in [0.3, 0.4) is 0 Å². The van der Waals surface area contributed by atoms with E-state index < -0.39 is 0 Å². The summed E-state index contributed by atoms with van der Waals surface area (Å²) in [5.41, 5.74) is 7.46. The number of ether oxygens (including phenoxy) is 1. The average molecular weight is 266 g/mol. The van der Waals surface area contributed by atoms with Crippen LogP contribution in [0.5, 0.6) is 5.75 Å². The summed E-state index contributed by atoms with van der Waals surface area (Å²) >= 11 is 1.56. The highest BCUT2D eigenvalue weighted by atomic mass is 32.1. The van der Waals surface area contributed by atoms with Crippen LogP contribution in [0.4, 0.5) is 4.39 Å². The summed E-state index contributed by atoms with van der Waals surface area (Å²) in [7, 11) is 0. The Kier molecular flexibility index (Phi) is 3.93. The normalized spacial score (nSPS) is 12.4. The fourth-order valence-electron chi connectivity index (χ4n) is 1.64. The molecular formula is C13H15FN2OS. The molecule has 1 aromatic carbocycles. The second kappa shape index (κ2) is 5.46. The van der Waals surface area contributed by atoms with Gasteiger partial charge in [0.1, 0.15) is 18.2 Å². The molecule has 3 nitrogen and oxygen atoms in total. The van der Waals surface area contributed by atoms with E-state index >= 15 is 0 Å². The van der Waals surface area contributed by atoms with Gasteiger partial charge >= 0.3 is 0 Å². The number of thiazole rings is 1. The first-order valence-corrected chi connectivity index (χ1v) is 6.53. The van der Waals surface area contributed by atoms with Crippen molar-refractivity contribution in [2.24, 2.45) is 5.73 Å². The van der Waals surface area contributed by atoms with E-state index in [0.29, 0.717) is 12.4 Å². The maximum atomic E-state index is 13.2. The van der Waals surface area contributed by atoms with E-state index in [2.05, 4.69) is 4.98 Å². The minimum atomic E-state index is -0.330. The zero-order valence-electron chi connectivity index (χ0n) is 10.3. The van der Waals surface area contributed by atoms with Crippen LogP contribution in [0.25, 0.3) is 0 Å². The predicted molar refractivity (Wildman–Crippen MR) is 70.2 cm³/mol. The predicted octanol–water partition coefficient (Wildman–Crippen LogP) is 3.19. The van der Waals surface area contributed by atoms with Gasteiger partial charge in [-0.05, 0) is 19.9 Å². The molecule has 2 aromatic rings. The molecule has 0 bridgehead atoms. The first-order valence-electron chi connectivity index (χ1n) is 5.65. The molecule has 2 N–H and O–H groups in total. The van der Waals surface area contributed by atoms with Crippen molar-refractivity contribution in [3.05, 3.63) is 45.7 Å². The molecule has 0 spiro atoms. The zero-order valence-corrected chi connectivity index (χ0v) is 11.1. The molecule has 0 aliphatic carbocycles. The van der Waals surface area contributed by atoms with Gasteiger partial charge in [0.2, 0.25) is 0 Å². The van der Waals surface area contributed by atoms with Crippen LogP contribution in [-0.4, -0.2) is 4.98 Å². The maximum Gasteiger partial charge on any atom is 0.131 e. The first-order chi connectivity index (χ1) is 8.56. The van der Waals surface area contributed by atoms with Crippen LogP contribution in [0.1, 0.15) is 29.2 Å². The van der Waals surface area contributed by atoms with E-state index in [1.165, 1.54) is 12.1 Å². The highest BCUT2D eigenvalue weighted by Crippen LogP contribution is 2.25. The SMILES string of the molecule is Cc1nc(COc2cc(F)ccc2C(C)N)cs1. The number of hydrogen-bond donors (Lipinski definition) is 1. The number of halogens is 1. The number of aryl methyl sites for hydroxylation is 1. The summed E-state index contributed by atoms with van der Waals surface area (Å²) in [5.74, 6) is 0.152. The topological polar surface area (TPSA) is 48.1 Å². The van der Waals surface area contributed by atoms with Crippen molar-refractivity contribution in [2.75, 3.05) is 0 Å². The number of nitrogens with two attached hydrogens (primary N) is 1. The van der Waals surface area contributed by atoms with Gasteiger partial charge in [0.05, 0.1) is 10.7 Å². The quantitative estimate of drug-likeness (QED) is 0.924. The molecule has 5 heteroatoms. The lowest BCUT2D eigenvalue weighted by atomic mass is 10.1. The van der Waals surface area contributed by atoms with Gasteiger partial charge in [-0.15, -0.1) is 11.3 Å². The van der Waals surface area contributed by atoms with Crippen molar-refractivity contribution in [3.8, 4) is 5.75 Å². The van der Waals surface area contributed by atoms with Gasteiger partial charge in [-0.25, -0.2) is 9.37 Å². The first kappa shape index (κ1) is 13.0. The van der Waals surface area contributed by atoms with Gasteiger partial charge in [-0.1, -0.05) is 6.07 Å². The van der Waals surface area contributed by atoms with Crippen LogP contribution >= 0.6 is 11.3 Å². The number of aromatic nitrogens is 1. The van der Waals surface area contributed by atoms with Gasteiger partial charge in [0.15, 0.2) is 0 Å². The second-order valence-electron chi connectivity index (χ2n) is 4.12. The van der Waals surface area contributed by atoms with Crippen molar-refractivity contribution >= 4 is 11.3 Å². The minimum Gasteiger partial charge on any atom is -0.487 e. The summed E-state index contributed by atoms with van der Waals surface area (Å²) in [6.07, 6.45) is 0. The van der Waals surface area contributed by atoms with Crippen LogP contribution in [0.15, 0.2) is 23.6 Å². The summed E-state index contributed by atoms with van der Waals surface area (Å²) in [6.45, 7) is 4.10. The molecule has 0 aliphatic rings. The molecule has 2 rings (SSSR count). The van der Waals surface area contributed by atoms with Crippen molar-refractivity contribution in [1.82, 2.24) is 4.98 Å². The van der Waals surface area contributed by atoms with E-state index in [-0.39, 0.29) is 11.9 Å². The maximum absolute atomic E-state index is 13.2. The van der Waals surface area contributed by atoms with Crippen LogP contribution in [-0.2, 0) is 6.61 Å².